The summed E-state index contributed by atoms with van der Waals surface area (Å²) in [4.78, 5) is 0. The van der Waals surface area contributed by atoms with E-state index in [2.05, 4.69) is 0 Å². The van der Waals surface area contributed by atoms with Crippen molar-refractivity contribution in [2.24, 2.45) is 0 Å². The summed E-state index contributed by atoms with van der Waals surface area (Å²) in [6.07, 6.45) is 0. The van der Waals surface area contributed by atoms with Crippen LogP contribution >= 0.6 is 70.1 Å². The molecule has 0 aromatic rings. The van der Waals surface area contributed by atoms with Gasteiger partial charge in [-0.25, -0.2) is 0 Å². The predicted molar refractivity (Wildman–Crippen MR) is 89.1 cm³/mol. The molecular formula is C10H19Cl3OS3. The molecule has 0 bridgehead atoms. The summed E-state index contributed by atoms with van der Waals surface area (Å²) < 4.78 is 0. The Morgan fingerprint density at radius 1 is 0.882 bits per heavy atom. The number of aliphatic hydroxyl groups is 1. The molecule has 0 heterocycles. The van der Waals surface area contributed by atoms with Crippen LogP contribution in [0.4, 0.5) is 0 Å². The molecule has 0 fully saturated rings. The van der Waals surface area contributed by atoms with Crippen molar-refractivity contribution >= 4 is 70.1 Å². The molecule has 0 aliphatic carbocycles. The first-order chi connectivity index (χ1) is 8.28. The van der Waals surface area contributed by atoms with Crippen LogP contribution in [0.1, 0.15) is 0 Å². The zero-order chi connectivity index (χ0) is 12.9. The molecule has 0 aliphatic heterocycles. The summed E-state index contributed by atoms with van der Waals surface area (Å²) in [7, 11) is 0. The Hall–Kier alpha value is 1.88. The highest BCUT2D eigenvalue weighted by atomic mass is 35.5. The average Bonchev–Trinajstić information content (AvgIpc) is 2.36. The van der Waals surface area contributed by atoms with Gasteiger partial charge in [-0.2, -0.15) is 35.3 Å². The summed E-state index contributed by atoms with van der Waals surface area (Å²) in [6.45, 7) is 0.231. The van der Waals surface area contributed by atoms with E-state index in [-0.39, 0.29) is 6.61 Å². The van der Waals surface area contributed by atoms with Gasteiger partial charge in [0.2, 0.25) is 0 Å². The molecule has 0 aromatic carbocycles. The summed E-state index contributed by atoms with van der Waals surface area (Å²) >= 11 is 23.0. The molecule has 1 nitrogen and oxygen atoms in total. The van der Waals surface area contributed by atoms with E-state index in [0.717, 1.165) is 23.0 Å². The van der Waals surface area contributed by atoms with Crippen LogP contribution in [-0.2, 0) is 0 Å². The van der Waals surface area contributed by atoms with Crippen LogP contribution < -0.4 is 0 Å². The zero-order valence-electron chi connectivity index (χ0n) is 9.62. The molecule has 0 aliphatic rings. The molecule has 0 saturated heterocycles. The smallest absolute Gasteiger partial charge is 0.0521 e. The molecule has 104 valence electrons. The van der Waals surface area contributed by atoms with Gasteiger partial charge in [-0.05, 0) is 0 Å². The van der Waals surface area contributed by atoms with Gasteiger partial charge < -0.3 is 5.11 Å². The SMILES string of the molecule is OCCSCC(CCl)SC(CCl)CSCCCl. The van der Waals surface area contributed by atoms with Crippen LogP contribution in [-0.4, -0.2) is 62.9 Å². The largest absolute Gasteiger partial charge is 0.396 e. The van der Waals surface area contributed by atoms with Crippen LogP contribution in [0, 0.1) is 0 Å². The number of thioether (sulfide) groups is 3. The maximum Gasteiger partial charge on any atom is 0.0521 e. The first-order valence-electron chi connectivity index (χ1n) is 5.38. The van der Waals surface area contributed by atoms with Crippen molar-refractivity contribution in [3.05, 3.63) is 0 Å². The molecule has 0 spiro atoms. The lowest BCUT2D eigenvalue weighted by atomic mass is 10.5. The van der Waals surface area contributed by atoms with E-state index >= 15 is 0 Å². The van der Waals surface area contributed by atoms with Gasteiger partial charge in [0, 0.05) is 51.2 Å². The lowest BCUT2D eigenvalue weighted by molar-refractivity contribution is 0.322. The van der Waals surface area contributed by atoms with Crippen molar-refractivity contribution in [1.82, 2.24) is 0 Å². The van der Waals surface area contributed by atoms with Gasteiger partial charge in [0.1, 0.15) is 0 Å². The minimum absolute atomic E-state index is 0.231. The number of hydrogen-bond donors (Lipinski definition) is 1. The number of aliphatic hydroxyl groups excluding tert-OH is 1. The summed E-state index contributed by atoms with van der Waals surface area (Å²) in [5.41, 5.74) is 0. The van der Waals surface area contributed by atoms with Crippen LogP contribution in [0.2, 0.25) is 0 Å². The Bertz CT molecular complexity index is 150. The van der Waals surface area contributed by atoms with E-state index in [0.29, 0.717) is 28.1 Å². The highest BCUT2D eigenvalue weighted by molar-refractivity contribution is 8.05. The third-order valence-electron chi connectivity index (χ3n) is 1.79. The molecule has 17 heavy (non-hydrogen) atoms. The number of alkyl halides is 3. The van der Waals surface area contributed by atoms with Gasteiger partial charge >= 0.3 is 0 Å². The second-order valence-electron chi connectivity index (χ2n) is 3.25. The third-order valence-corrected chi connectivity index (χ3v) is 7.42. The van der Waals surface area contributed by atoms with Crippen molar-refractivity contribution in [3.63, 3.8) is 0 Å². The normalized spacial score (nSPS) is 14.8. The third kappa shape index (κ3) is 11.4. The van der Waals surface area contributed by atoms with Crippen LogP contribution in [0.5, 0.6) is 0 Å². The Morgan fingerprint density at radius 2 is 1.41 bits per heavy atom. The van der Waals surface area contributed by atoms with E-state index in [1.54, 1.807) is 11.8 Å². The Labute approximate surface area is 132 Å². The van der Waals surface area contributed by atoms with Gasteiger partial charge in [0.15, 0.2) is 0 Å². The lowest BCUT2D eigenvalue weighted by Gasteiger charge is -2.19. The lowest BCUT2D eigenvalue weighted by Crippen LogP contribution is -2.19. The molecular weight excluding hydrogens is 339 g/mol. The molecule has 0 saturated carbocycles. The quantitative estimate of drug-likeness (QED) is 0.425. The molecule has 0 radical (unpaired) electrons. The summed E-state index contributed by atoms with van der Waals surface area (Å²) in [6, 6.07) is 0. The number of rotatable bonds is 12. The first kappa shape index (κ1) is 18.9. The van der Waals surface area contributed by atoms with Gasteiger partial charge in [-0.1, -0.05) is 0 Å². The minimum Gasteiger partial charge on any atom is -0.396 e. The highest BCUT2D eigenvalue weighted by Crippen LogP contribution is 2.26. The number of hydrogen-bond acceptors (Lipinski definition) is 4. The van der Waals surface area contributed by atoms with E-state index in [1.807, 2.05) is 23.5 Å². The van der Waals surface area contributed by atoms with Gasteiger partial charge in [0.05, 0.1) is 6.61 Å². The van der Waals surface area contributed by atoms with Gasteiger partial charge in [-0.3, -0.25) is 0 Å². The average molecular weight is 358 g/mol. The molecule has 1 N–H and O–H groups in total. The Morgan fingerprint density at radius 3 is 1.82 bits per heavy atom. The van der Waals surface area contributed by atoms with Crippen molar-refractivity contribution < 1.29 is 5.11 Å². The molecule has 0 amide bonds. The van der Waals surface area contributed by atoms with Crippen molar-refractivity contribution in [3.8, 4) is 0 Å². The first-order valence-corrected chi connectivity index (χ1v) is 10.2. The zero-order valence-corrected chi connectivity index (χ0v) is 14.3. The molecule has 7 heteroatoms. The molecule has 0 aromatic heterocycles. The van der Waals surface area contributed by atoms with Crippen LogP contribution in [0.3, 0.4) is 0 Å². The number of halogens is 3. The topological polar surface area (TPSA) is 20.2 Å². The van der Waals surface area contributed by atoms with Crippen molar-refractivity contribution in [2.45, 2.75) is 10.5 Å². The second kappa shape index (κ2) is 14.3. The Kier molecular flexibility index (Phi) is 15.9. The fourth-order valence-corrected chi connectivity index (χ4v) is 5.53. The van der Waals surface area contributed by atoms with Crippen LogP contribution in [0.25, 0.3) is 0 Å². The van der Waals surface area contributed by atoms with E-state index in [4.69, 9.17) is 39.9 Å². The van der Waals surface area contributed by atoms with Crippen molar-refractivity contribution in [2.75, 3.05) is 47.3 Å². The molecule has 2 atom stereocenters. The second-order valence-corrected chi connectivity index (χ2v) is 8.15. The van der Waals surface area contributed by atoms with Gasteiger partial charge in [-0.15, -0.1) is 34.8 Å². The molecule has 2 unspecified atom stereocenters. The Balaban J connectivity index is 3.77. The monoisotopic (exact) mass is 356 g/mol. The molecule has 0 rings (SSSR count). The van der Waals surface area contributed by atoms with Crippen molar-refractivity contribution in [1.29, 1.82) is 0 Å². The standard InChI is InChI=1S/C10H19Cl3OS3/c11-1-3-15-7-9(5-12)17-10(6-13)8-16-4-2-14/h9-10,14H,1-8H2. The summed E-state index contributed by atoms with van der Waals surface area (Å²) in [5, 5.41) is 9.57. The maximum absolute atomic E-state index is 8.73. The fraction of sp³-hybridized carbons (Fsp3) is 1.00. The fourth-order valence-electron chi connectivity index (χ4n) is 1.06. The van der Waals surface area contributed by atoms with Gasteiger partial charge in [0.25, 0.3) is 0 Å². The van der Waals surface area contributed by atoms with E-state index < -0.39 is 0 Å². The maximum atomic E-state index is 8.73. The minimum atomic E-state index is 0.231. The summed E-state index contributed by atoms with van der Waals surface area (Å²) in [5.74, 6) is 5.73. The van der Waals surface area contributed by atoms with E-state index in [1.165, 1.54) is 0 Å². The van der Waals surface area contributed by atoms with E-state index in [9.17, 15) is 0 Å². The predicted octanol–water partition coefficient (Wildman–Crippen LogP) is 3.63. The van der Waals surface area contributed by atoms with Crippen LogP contribution in [0.15, 0.2) is 0 Å². The highest BCUT2D eigenvalue weighted by Gasteiger charge is 2.16.